The van der Waals surface area contributed by atoms with E-state index in [1.165, 1.54) is 13.1 Å². The lowest BCUT2D eigenvalue weighted by atomic mass is 10.1. The molecule has 2 unspecified atom stereocenters. The van der Waals surface area contributed by atoms with E-state index in [1.807, 2.05) is 0 Å². The van der Waals surface area contributed by atoms with E-state index >= 15 is 0 Å². The van der Waals surface area contributed by atoms with Gasteiger partial charge in [-0.3, -0.25) is 4.98 Å². The van der Waals surface area contributed by atoms with Gasteiger partial charge in [0.15, 0.2) is 9.84 Å². The van der Waals surface area contributed by atoms with Crippen molar-refractivity contribution in [2.75, 3.05) is 6.26 Å². The second-order valence-corrected chi connectivity index (χ2v) is 5.67. The summed E-state index contributed by atoms with van der Waals surface area (Å²) in [6.45, 7) is 1.48. The lowest BCUT2D eigenvalue weighted by Crippen LogP contribution is -2.24. The largest absolute Gasteiger partial charge is 0.387 e. The number of aromatic nitrogens is 1. The molecule has 0 saturated carbocycles. The van der Waals surface area contributed by atoms with Crippen molar-refractivity contribution in [3.8, 4) is 0 Å². The Morgan fingerprint density at radius 2 is 2.14 bits per heavy atom. The molecule has 1 rings (SSSR count). The molecule has 2 atom stereocenters. The number of hydrogen-bond acceptors (Lipinski definition) is 4. The third kappa shape index (κ3) is 2.52. The third-order valence-electron chi connectivity index (χ3n) is 2.15. The molecule has 0 radical (unpaired) electrons. The van der Waals surface area contributed by atoms with E-state index in [0.29, 0.717) is 5.56 Å². The van der Waals surface area contributed by atoms with Crippen molar-refractivity contribution in [3.63, 3.8) is 0 Å². The zero-order chi connectivity index (χ0) is 10.8. The number of nitrogens with zero attached hydrogens (tertiary/aromatic N) is 1. The molecule has 0 aromatic carbocycles. The minimum absolute atomic E-state index is 0.519. The standard InChI is InChI=1S/C9H13NO3S/c1-7(14(2,12)13)9(11)8-4-3-5-10-6-8/h3-7,9,11H,1-2H3. The molecule has 0 spiro atoms. The molecule has 0 aliphatic carbocycles. The number of rotatable bonds is 3. The summed E-state index contributed by atoms with van der Waals surface area (Å²) in [5.41, 5.74) is 0.519. The van der Waals surface area contributed by atoms with Crippen molar-refractivity contribution < 1.29 is 13.5 Å². The molecule has 0 aliphatic rings. The molecular formula is C9H13NO3S. The smallest absolute Gasteiger partial charge is 0.152 e. The van der Waals surface area contributed by atoms with Crippen LogP contribution in [0.2, 0.25) is 0 Å². The Morgan fingerprint density at radius 1 is 1.50 bits per heavy atom. The highest BCUT2D eigenvalue weighted by Gasteiger charge is 2.25. The van der Waals surface area contributed by atoms with Crippen LogP contribution in [0.4, 0.5) is 0 Å². The first-order valence-electron chi connectivity index (χ1n) is 4.20. The fraction of sp³-hybridized carbons (Fsp3) is 0.444. The molecule has 0 bridgehead atoms. The summed E-state index contributed by atoms with van der Waals surface area (Å²) in [4.78, 5) is 3.82. The number of sulfone groups is 1. The van der Waals surface area contributed by atoms with E-state index in [2.05, 4.69) is 4.98 Å². The zero-order valence-corrected chi connectivity index (χ0v) is 8.90. The second kappa shape index (κ2) is 4.06. The van der Waals surface area contributed by atoms with Gasteiger partial charge in [-0.1, -0.05) is 6.07 Å². The summed E-state index contributed by atoms with van der Waals surface area (Å²) >= 11 is 0. The van der Waals surface area contributed by atoms with E-state index in [9.17, 15) is 13.5 Å². The van der Waals surface area contributed by atoms with Crippen LogP contribution in [-0.2, 0) is 9.84 Å². The van der Waals surface area contributed by atoms with E-state index < -0.39 is 21.2 Å². The van der Waals surface area contributed by atoms with Gasteiger partial charge in [0.25, 0.3) is 0 Å². The lowest BCUT2D eigenvalue weighted by molar-refractivity contribution is 0.176. The predicted molar refractivity (Wildman–Crippen MR) is 53.5 cm³/mol. The van der Waals surface area contributed by atoms with Crippen molar-refractivity contribution in [2.45, 2.75) is 18.3 Å². The van der Waals surface area contributed by atoms with Crippen LogP contribution in [0.5, 0.6) is 0 Å². The molecule has 0 saturated heterocycles. The maximum absolute atomic E-state index is 11.2. The van der Waals surface area contributed by atoms with Crippen LogP contribution in [-0.4, -0.2) is 30.0 Å². The Labute approximate surface area is 83.5 Å². The Morgan fingerprint density at radius 3 is 2.57 bits per heavy atom. The Balaban J connectivity index is 2.92. The first-order valence-corrected chi connectivity index (χ1v) is 6.15. The van der Waals surface area contributed by atoms with Gasteiger partial charge in [-0.25, -0.2) is 8.42 Å². The number of aliphatic hydroxyl groups is 1. The van der Waals surface area contributed by atoms with Crippen molar-refractivity contribution in [1.82, 2.24) is 4.98 Å². The van der Waals surface area contributed by atoms with Gasteiger partial charge in [0.2, 0.25) is 0 Å². The summed E-state index contributed by atoms with van der Waals surface area (Å²) in [5, 5.41) is 8.89. The van der Waals surface area contributed by atoms with Crippen LogP contribution in [0.1, 0.15) is 18.6 Å². The summed E-state index contributed by atoms with van der Waals surface area (Å²) in [5.74, 6) is 0. The van der Waals surface area contributed by atoms with E-state index in [0.717, 1.165) is 6.26 Å². The molecule has 1 aromatic rings. The van der Waals surface area contributed by atoms with E-state index in [4.69, 9.17) is 0 Å². The van der Waals surface area contributed by atoms with Crippen LogP contribution >= 0.6 is 0 Å². The second-order valence-electron chi connectivity index (χ2n) is 3.27. The van der Waals surface area contributed by atoms with Crippen LogP contribution in [0.3, 0.4) is 0 Å². The molecule has 1 aromatic heterocycles. The Hall–Kier alpha value is -0.940. The van der Waals surface area contributed by atoms with Crippen molar-refractivity contribution in [2.24, 2.45) is 0 Å². The van der Waals surface area contributed by atoms with Crippen LogP contribution < -0.4 is 0 Å². The molecular weight excluding hydrogens is 202 g/mol. The van der Waals surface area contributed by atoms with Gasteiger partial charge in [0, 0.05) is 24.2 Å². The van der Waals surface area contributed by atoms with Crippen molar-refractivity contribution in [3.05, 3.63) is 30.1 Å². The number of hydrogen-bond donors (Lipinski definition) is 1. The van der Waals surface area contributed by atoms with Gasteiger partial charge in [0.05, 0.1) is 11.4 Å². The van der Waals surface area contributed by atoms with Crippen molar-refractivity contribution >= 4 is 9.84 Å². The third-order valence-corrected chi connectivity index (χ3v) is 3.75. The normalized spacial score (nSPS) is 16.2. The molecule has 78 valence electrons. The maximum Gasteiger partial charge on any atom is 0.152 e. The SMILES string of the molecule is CC(C(O)c1cccnc1)S(C)(=O)=O. The van der Waals surface area contributed by atoms with Crippen LogP contribution in [0.15, 0.2) is 24.5 Å². The number of aliphatic hydroxyl groups excluding tert-OH is 1. The van der Waals surface area contributed by atoms with Gasteiger partial charge in [-0.2, -0.15) is 0 Å². The van der Waals surface area contributed by atoms with Gasteiger partial charge in [0.1, 0.15) is 0 Å². The van der Waals surface area contributed by atoms with Gasteiger partial charge < -0.3 is 5.11 Å². The highest BCUT2D eigenvalue weighted by atomic mass is 32.2. The van der Waals surface area contributed by atoms with Gasteiger partial charge in [-0.05, 0) is 13.0 Å². The topological polar surface area (TPSA) is 67.3 Å². The average molecular weight is 215 g/mol. The Kier molecular flexibility index (Phi) is 3.23. The van der Waals surface area contributed by atoms with Gasteiger partial charge >= 0.3 is 0 Å². The van der Waals surface area contributed by atoms with Crippen molar-refractivity contribution in [1.29, 1.82) is 0 Å². The lowest BCUT2D eigenvalue weighted by Gasteiger charge is -2.16. The molecule has 0 fully saturated rings. The maximum atomic E-state index is 11.2. The number of pyridine rings is 1. The van der Waals surface area contributed by atoms with E-state index in [-0.39, 0.29) is 0 Å². The fourth-order valence-electron chi connectivity index (χ4n) is 1.06. The molecule has 14 heavy (non-hydrogen) atoms. The molecule has 5 heteroatoms. The van der Waals surface area contributed by atoms with Crippen LogP contribution in [0, 0.1) is 0 Å². The first-order chi connectivity index (χ1) is 6.43. The zero-order valence-electron chi connectivity index (χ0n) is 8.08. The Bertz CT molecular complexity index is 388. The monoisotopic (exact) mass is 215 g/mol. The summed E-state index contributed by atoms with van der Waals surface area (Å²) in [6, 6.07) is 3.31. The first kappa shape index (κ1) is 11.1. The quantitative estimate of drug-likeness (QED) is 0.799. The molecule has 0 amide bonds. The predicted octanol–water partition coefficient (Wildman–Crippen LogP) is 0.548. The van der Waals surface area contributed by atoms with E-state index in [1.54, 1.807) is 18.3 Å². The fourth-order valence-corrected chi connectivity index (χ4v) is 1.68. The highest BCUT2D eigenvalue weighted by Crippen LogP contribution is 2.20. The summed E-state index contributed by atoms with van der Waals surface area (Å²) in [6.07, 6.45) is 3.13. The summed E-state index contributed by atoms with van der Waals surface area (Å²) in [7, 11) is -3.23. The minimum Gasteiger partial charge on any atom is -0.387 e. The molecule has 4 nitrogen and oxygen atoms in total. The van der Waals surface area contributed by atoms with Crippen LogP contribution in [0.25, 0.3) is 0 Å². The van der Waals surface area contributed by atoms with Gasteiger partial charge in [-0.15, -0.1) is 0 Å². The minimum atomic E-state index is -3.23. The molecule has 1 heterocycles. The highest BCUT2D eigenvalue weighted by molar-refractivity contribution is 7.91. The molecule has 1 N–H and O–H groups in total. The summed E-state index contributed by atoms with van der Waals surface area (Å²) < 4.78 is 22.3. The molecule has 0 aliphatic heterocycles. The average Bonchev–Trinajstić information content (AvgIpc) is 2.15.